The quantitative estimate of drug-likeness (QED) is 0.791. The SMILES string of the molecule is O=C(C1CS(=O)(=O)C1)N1CCC(c2nccc(C(F)(F)F)n2)C1. The lowest BCUT2D eigenvalue weighted by Crippen LogP contribution is -2.47. The third-order valence-electron chi connectivity index (χ3n) is 4.09. The molecule has 10 heteroatoms. The van der Waals surface area contributed by atoms with Crippen LogP contribution in [0.15, 0.2) is 12.3 Å². The summed E-state index contributed by atoms with van der Waals surface area (Å²) in [5.41, 5.74) is -1.00. The van der Waals surface area contributed by atoms with Crippen LogP contribution in [-0.4, -0.2) is 53.8 Å². The van der Waals surface area contributed by atoms with Crippen LogP contribution in [0.4, 0.5) is 13.2 Å². The molecule has 126 valence electrons. The number of sulfone groups is 1. The Morgan fingerprint density at radius 3 is 2.61 bits per heavy atom. The second-order valence-electron chi connectivity index (χ2n) is 5.84. The summed E-state index contributed by atoms with van der Waals surface area (Å²) in [7, 11) is -3.09. The maximum Gasteiger partial charge on any atom is 0.433 e. The number of nitrogens with zero attached hydrogens (tertiary/aromatic N) is 3. The molecule has 1 aromatic heterocycles. The van der Waals surface area contributed by atoms with E-state index in [1.165, 1.54) is 4.90 Å². The highest BCUT2D eigenvalue weighted by Crippen LogP contribution is 2.31. The Morgan fingerprint density at radius 2 is 2.00 bits per heavy atom. The topological polar surface area (TPSA) is 80.2 Å². The zero-order valence-electron chi connectivity index (χ0n) is 12.0. The van der Waals surface area contributed by atoms with Crippen molar-refractivity contribution in [1.29, 1.82) is 0 Å². The molecule has 23 heavy (non-hydrogen) atoms. The molecule has 2 aliphatic rings. The molecule has 1 amide bonds. The lowest BCUT2D eigenvalue weighted by atomic mass is 10.1. The maximum absolute atomic E-state index is 12.7. The van der Waals surface area contributed by atoms with Crippen molar-refractivity contribution >= 4 is 15.7 Å². The van der Waals surface area contributed by atoms with Crippen LogP contribution in [0.25, 0.3) is 0 Å². The zero-order valence-corrected chi connectivity index (χ0v) is 12.8. The predicted molar refractivity (Wildman–Crippen MR) is 73.1 cm³/mol. The van der Waals surface area contributed by atoms with Gasteiger partial charge in [-0.2, -0.15) is 13.2 Å². The van der Waals surface area contributed by atoms with Crippen molar-refractivity contribution in [3.63, 3.8) is 0 Å². The Bertz CT molecular complexity index is 723. The van der Waals surface area contributed by atoms with Gasteiger partial charge in [-0.15, -0.1) is 0 Å². The Hall–Kier alpha value is -1.71. The van der Waals surface area contributed by atoms with Crippen LogP contribution in [-0.2, 0) is 20.8 Å². The fraction of sp³-hybridized carbons (Fsp3) is 0.615. The van der Waals surface area contributed by atoms with Gasteiger partial charge in [0.2, 0.25) is 5.91 Å². The maximum atomic E-state index is 12.7. The summed E-state index contributed by atoms with van der Waals surface area (Å²) in [6.07, 6.45) is -3.01. The number of rotatable bonds is 2. The molecule has 3 heterocycles. The van der Waals surface area contributed by atoms with Crippen LogP contribution in [0.3, 0.4) is 0 Å². The van der Waals surface area contributed by atoms with Crippen molar-refractivity contribution in [2.45, 2.75) is 18.5 Å². The fourth-order valence-electron chi connectivity index (χ4n) is 2.86. The first-order valence-corrected chi connectivity index (χ1v) is 8.87. The van der Waals surface area contributed by atoms with Gasteiger partial charge in [0.05, 0.1) is 17.4 Å². The Kier molecular flexibility index (Phi) is 3.81. The average molecular weight is 349 g/mol. The molecule has 0 spiro atoms. The van der Waals surface area contributed by atoms with E-state index in [0.29, 0.717) is 13.0 Å². The number of carbonyl (C=O) groups excluding carboxylic acids is 1. The molecule has 1 atom stereocenters. The van der Waals surface area contributed by atoms with Crippen molar-refractivity contribution in [3.8, 4) is 0 Å². The molecular formula is C13H14F3N3O3S. The van der Waals surface area contributed by atoms with Crippen LogP contribution < -0.4 is 0 Å². The number of amides is 1. The highest BCUT2D eigenvalue weighted by molar-refractivity contribution is 7.92. The molecule has 3 rings (SSSR count). The third kappa shape index (κ3) is 3.31. The van der Waals surface area contributed by atoms with Crippen molar-refractivity contribution in [1.82, 2.24) is 14.9 Å². The highest BCUT2D eigenvalue weighted by Gasteiger charge is 2.42. The Balaban J connectivity index is 1.67. The molecule has 0 aliphatic carbocycles. The van der Waals surface area contributed by atoms with E-state index >= 15 is 0 Å². The third-order valence-corrected chi connectivity index (χ3v) is 5.91. The van der Waals surface area contributed by atoms with Gasteiger partial charge in [0.25, 0.3) is 0 Å². The van der Waals surface area contributed by atoms with Crippen LogP contribution in [0.2, 0.25) is 0 Å². The van der Waals surface area contributed by atoms with Gasteiger partial charge in [-0.1, -0.05) is 0 Å². The second kappa shape index (κ2) is 5.43. The molecule has 2 fully saturated rings. The number of hydrogen-bond donors (Lipinski definition) is 0. The van der Waals surface area contributed by atoms with Gasteiger partial charge in [-0.3, -0.25) is 4.79 Å². The zero-order chi connectivity index (χ0) is 16.8. The van der Waals surface area contributed by atoms with Gasteiger partial charge in [-0.25, -0.2) is 18.4 Å². The first-order valence-electron chi connectivity index (χ1n) is 7.05. The molecule has 2 aliphatic heterocycles. The van der Waals surface area contributed by atoms with E-state index in [-0.39, 0.29) is 35.7 Å². The standard InChI is InChI=1S/C13H14F3N3O3S/c14-13(15,16)10-1-3-17-11(18-10)8-2-4-19(5-8)12(20)9-6-23(21,22)7-9/h1,3,8-9H,2,4-7H2. The number of likely N-dealkylation sites (tertiary alicyclic amines) is 1. The minimum Gasteiger partial charge on any atom is -0.342 e. The van der Waals surface area contributed by atoms with E-state index in [4.69, 9.17) is 0 Å². The summed E-state index contributed by atoms with van der Waals surface area (Å²) < 4.78 is 60.3. The Labute approximate surface area is 130 Å². The first kappa shape index (κ1) is 16.2. The fourth-order valence-corrected chi connectivity index (χ4v) is 4.28. The lowest BCUT2D eigenvalue weighted by molar-refractivity contribution is -0.141. The molecule has 2 saturated heterocycles. The summed E-state index contributed by atoms with van der Waals surface area (Å²) in [5, 5.41) is 0. The smallest absolute Gasteiger partial charge is 0.342 e. The summed E-state index contributed by atoms with van der Waals surface area (Å²) in [5.74, 6) is -1.37. The highest BCUT2D eigenvalue weighted by atomic mass is 32.2. The molecule has 6 nitrogen and oxygen atoms in total. The molecule has 1 unspecified atom stereocenters. The molecule has 0 N–H and O–H groups in total. The minimum absolute atomic E-state index is 0.0661. The van der Waals surface area contributed by atoms with Gasteiger partial charge in [-0.05, 0) is 12.5 Å². The van der Waals surface area contributed by atoms with Crippen molar-refractivity contribution in [2.75, 3.05) is 24.6 Å². The van der Waals surface area contributed by atoms with E-state index in [1.54, 1.807) is 0 Å². The summed E-state index contributed by atoms with van der Waals surface area (Å²) in [6.45, 7) is 0.594. The molecule has 0 aromatic carbocycles. The summed E-state index contributed by atoms with van der Waals surface area (Å²) >= 11 is 0. The largest absolute Gasteiger partial charge is 0.433 e. The molecule has 0 bridgehead atoms. The van der Waals surface area contributed by atoms with Gasteiger partial charge >= 0.3 is 6.18 Å². The minimum atomic E-state index is -4.54. The van der Waals surface area contributed by atoms with Crippen LogP contribution in [0, 0.1) is 5.92 Å². The van der Waals surface area contributed by atoms with Crippen LogP contribution in [0.1, 0.15) is 23.9 Å². The number of halogens is 3. The van der Waals surface area contributed by atoms with E-state index < -0.39 is 27.6 Å². The van der Waals surface area contributed by atoms with Crippen LogP contribution in [0.5, 0.6) is 0 Å². The number of carbonyl (C=O) groups is 1. The Morgan fingerprint density at radius 1 is 1.30 bits per heavy atom. The number of alkyl halides is 3. The van der Waals surface area contributed by atoms with E-state index in [0.717, 1.165) is 12.3 Å². The van der Waals surface area contributed by atoms with Gasteiger partial charge in [0.15, 0.2) is 9.84 Å². The van der Waals surface area contributed by atoms with E-state index in [9.17, 15) is 26.4 Å². The van der Waals surface area contributed by atoms with E-state index in [2.05, 4.69) is 9.97 Å². The molecular weight excluding hydrogens is 335 g/mol. The van der Waals surface area contributed by atoms with Crippen molar-refractivity contribution in [2.24, 2.45) is 5.92 Å². The summed E-state index contributed by atoms with van der Waals surface area (Å²) in [4.78, 5) is 21.1. The predicted octanol–water partition coefficient (Wildman–Crippen LogP) is 0.856. The van der Waals surface area contributed by atoms with Crippen molar-refractivity contribution < 1.29 is 26.4 Å². The molecule has 1 aromatic rings. The molecule has 0 radical (unpaired) electrons. The van der Waals surface area contributed by atoms with Crippen molar-refractivity contribution in [3.05, 3.63) is 23.8 Å². The summed E-state index contributed by atoms with van der Waals surface area (Å²) in [6, 6.07) is 0.806. The van der Waals surface area contributed by atoms with Gasteiger partial charge < -0.3 is 4.90 Å². The average Bonchev–Trinajstić information content (AvgIpc) is 2.93. The van der Waals surface area contributed by atoms with Crippen LogP contribution >= 0.6 is 0 Å². The normalized spacial score (nSPS) is 24.5. The van der Waals surface area contributed by atoms with Gasteiger partial charge in [0.1, 0.15) is 11.5 Å². The number of hydrogen-bond acceptors (Lipinski definition) is 5. The first-order chi connectivity index (χ1) is 10.7. The lowest BCUT2D eigenvalue weighted by Gasteiger charge is -2.29. The molecule has 0 saturated carbocycles. The second-order valence-corrected chi connectivity index (χ2v) is 8.00. The number of aromatic nitrogens is 2. The van der Waals surface area contributed by atoms with Gasteiger partial charge in [0, 0.05) is 25.2 Å². The van der Waals surface area contributed by atoms with E-state index in [1.807, 2.05) is 0 Å². The monoisotopic (exact) mass is 349 g/mol.